The Morgan fingerprint density at radius 2 is 2.10 bits per heavy atom. The number of carbonyl (C=O) groups excluding carboxylic acids is 1. The molecule has 0 radical (unpaired) electrons. The van der Waals surface area contributed by atoms with Crippen molar-refractivity contribution in [1.82, 2.24) is 5.32 Å². The summed E-state index contributed by atoms with van der Waals surface area (Å²) in [6.07, 6.45) is 6.97. The van der Waals surface area contributed by atoms with Crippen LogP contribution in [-0.2, 0) is 0 Å². The lowest BCUT2D eigenvalue weighted by Crippen LogP contribution is -2.43. The minimum atomic E-state index is 0.0708. The molecule has 1 aliphatic rings. The molecule has 0 aromatic heterocycles. The summed E-state index contributed by atoms with van der Waals surface area (Å²) in [6, 6.07) is 6.28. The number of thioether (sulfide) groups is 1. The first kappa shape index (κ1) is 16.2. The van der Waals surface area contributed by atoms with Gasteiger partial charge in [0.15, 0.2) is 0 Å². The summed E-state index contributed by atoms with van der Waals surface area (Å²) in [5.41, 5.74) is 2.90. The second-order valence-corrected chi connectivity index (χ2v) is 6.78. The van der Waals surface area contributed by atoms with Gasteiger partial charge in [0.1, 0.15) is 0 Å². The van der Waals surface area contributed by atoms with E-state index < -0.39 is 0 Å². The van der Waals surface area contributed by atoms with Gasteiger partial charge in [-0.05, 0) is 56.7 Å². The number of anilines is 1. The Morgan fingerprint density at radius 3 is 2.76 bits per heavy atom. The van der Waals surface area contributed by atoms with E-state index in [1.165, 1.54) is 19.3 Å². The Morgan fingerprint density at radius 1 is 1.33 bits per heavy atom. The van der Waals surface area contributed by atoms with Crippen molar-refractivity contribution >= 4 is 23.4 Å². The molecule has 2 atom stereocenters. The van der Waals surface area contributed by atoms with Crippen molar-refractivity contribution in [3.63, 3.8) is 0 Å². The number of benzene rings is 1. The molecule has 4 heteroatoms. The van der Waals surface area contributed by atoms with E-state index in [-0.39, 0.29) is 5.91 Å². The van der Waals surface area contributed by atoms with Crippen LogP contribution < -0.4 is 10.6 Å². The maximum absolute atomic E-state index is 12.5. The molecule has 0 saturated heterocycles. The Labute approximate surface area is 132 Å². The van der Waals surface area contributed by atoms with E-state index in [0.29, 0.717) is 11.3 Å². The largest absolute Gasteiger partial charge is 0.385 e. The highest BCUT2D eigenvalue weighted by Crippen LogP contribution is 2.27. The fourth-order valence-electron chi connectivity index (χ4n) is 3.02. The van der Waals surface area contributed by atoms with Gasteiger partial charge in [0.2, 0.25) is 0 Å². The van der Waals surface area contributed by atoms with E-state index >= 15 is 0 Å². The molecule has 1 aromatic carbocycles. The number of amides is 1. The zero-order chi connectivity index (χ0) is 15.2. The number of aryl methyl sites for hydroxylation is 1. The lowest BCUT2D eigenvalue weighted by molar-refractivity contribution is 0.0929. The average Bonchev–Trinajstić information content (AvgIpc) is 2.48. The highest BCUT2D eigenvalue weighted by molar-refractivity contribution is 7.99. The molecule has 0 bridgehead atoms. The third-order valence-corrected chi connectivity index (χ3v) is 5.34. The summed E-state index contributed by atoms with van der Waals surface area (Å²) in [6.45, 7) is 4.97. The van der Waals surface area contributed by atoms with Crippen LogP contribution in [0.3, 0.4) is 0 Å². The van der Waals surface area contributed by atoms with Crippen molar-refractivity contribution in [3.05, 3.63) is 29.3 Å². The van der Waals surface area contributed by atoms with Crippen molar-refractivity contribution in [2.24, 2.45) is 0 Å². The smallest absolute Gasteiger partial charge is 0.251 e. The van der Waals surface area contributed by atoms with Gasteiger partial charge in [-0.1, -0.05) is 12.8 Å². The molecule has 0 spiro atoms. The van der Waals surface area contributed by atoms with Crippen LogP contribution in [0.15, 0.2) is 18.2 Å². The number of rotatable bonds is 5. The van der Waals surface area contributed by atoms with E-state index in [9.17, 15) is 4.79 Å². The summed E-state index contributed by atoms with van der Waals surface area (Å²) in [4.78, 5) is 12.5. The minimum Gasteiger partial charge on any atom is -0.385 e. The lowest BCUT2D eigenvalue weighted by Gasteiger charge is -2.31. The Kier molecular flexibility index (Phi) is 5.97. The van der Waals surface area contributed by atoms with Crippen molar-refractivity contribution in [2.75, 3.05) is 18.1 Å². The summed E-state index contributed by atoms with van der Waals surface area (Å²) >= 11 is 1.88. The van der Waals surface area contributed by atoms with Gasteiger partial charge >= 0.3 is 0 Å². The van der Waals surface area contributed by atoms with Crippen LogP contribution in [0.5, 0.6) is 0 Å². The van der Waals surface area contributed by atoms with Crippen LogP contribution in [0.4, 0.5) is 5.69 Å². The van der Waals surface area contributed by atoms with Gasteiger partial charge in [-0.2, -0.15) is 11.8 Å². The molecule has 116 valence electrons. The van der Waals surface area contributed by atoms with E-state index in [1.807, 2.05) is 36.9 Å². The molecule has 3 nitrogen and oxygen atoms in total. The maximum atomic E-state index is 12.5. The number of hydrogen-bond donors (Lipinski definition) is 2. The molecule has 2 rings (SSSR count). The fourth-order valence-corrected chi connectivity index (χ4v) is 3.96. The highest BCUT2D eigenvalue weighted by atomic mass is 32.2. The SMILES string of the molecule is CCNc1ccc(C(=O)NC2CCCCC2SC)c(C)c1. The van der Waals surface area contributed by atoms with Crippen molar-refractivity contribution in [2.45, 2.75) is 50.8 Å². The number of nitrogens with one attached hydrogen (secondary N) is 2. The van der Waals surface area contributed by atoms with Gasteiger partial charge in [-0.25, -0.2) is 0 Å². The zero-order valence-electron chi connectivity index (χ0n) is 13.2. The maximum Gasteiger partial charge on any atom is 0.251 e. The standard InChI is InChI=1S/C17H26N2OS/c1-4-18-13-9-10-14(12(2)11-13)17(20)19-15-7-5-6-8-16(15)21-3/h9-11,15-16,18H,4-8H2,1-3H3,(H,19,20). The first-order chi connectivity index (χ1) is 10.2. The van der Waals surface area contributed by atoms with Crippen molar-refractivity contribution in [3.8, 4) is 0 Å². The summed E-state index contributed by atoms with van der Waals surface area (Å²) in [5.74, 6) is 0.0708. The molecule has 0 heterocycles. The first-order valence-electron chi connectivity index (χ1n) is 7.84. The third-order valence-electron chi connectivity index (χ3n) is 4.17. The van der Waals surface area contributed by atoms with Gasteiger partial charge < -0.3 is 10.6 Å². The molecule has 21 heavy (non-hydrogen) atoms. The van der Waals surface area contributed by atoms with Gasteiger partial charge in [0, 0.05) is 29.1 Å². The van der Waals surface area contributed by atoms with Crippen LogP contribution >= 0.6 is 11.8 Å². The zero-order valence-corrected chi connectivity index (χ0v) is 14.1. The fraction of sp³-hybridized carbons (Fsp3) is 0.588. The van der Waals surface area contributed by atoms with Crippen LogP contribution in [0.1, 0.15) is 48.5 Å². The Bertz CT molecular complexity index is 490. The summed E-state index contributed by atoms with van der Waals surface area (Å²) < 4.78 is 0. The lowest BCUT2D eigenvalue weighted by atomic mass is 9.94. The predicted octanol–water partition coefficient (Wildman–Crippen LogP) is 3.83. The van der Waals surface area contributed by atoms with Crippen LogP contribution in [0.2, 0.25) is 0 Å². The number of carbonyl (C=O) groups is 1. The highest BCUT2D eigenvalue weighted by Gasteiger charge is 2.26. The van der Waals surface area contributed by atoms with E-state index in [2.05, 4.69) is 23.8 Å². The molecule has 1 aliphatic carbocycles. The van der Waals surface area contributed by atoms with E-state index in [0.717, 1.165) is 29.8 Å². The molecule has 1 saturated carbocycles. The number of hydrogen-bond acceptors (Lipinski definition) is 3. The molecule has 1 amide bonds. The predicted molar refractivity (Wildman–Crippen MR) is 92.4 cm³/mol. The van der Waals surface area contributed by atoms with Gasteiger partial charge in [0.05, 0.1) is 0 Å². The van der Waals surface area contributed by atoms with Crippen LogP contribution in [-0.4, -0.2) is 30.0 Å². The van der Waals surface area contributed by atoms with E-state index in [4.69, 9.17) is 0 Å². The minimum absolute atomic E-state index is 0.0708. The van der Waals surface area contributed by atoms with Gasteiger partial charge in [-0.15, -0.1) is 0 Å². The van der Waals surface area contributed by atoms with Crippen LogP contribution in [0, 0.1) is 6.92 Å². The quantitative estimate of drug-likeness (QED) is 0.868. The Hall–Kier alpha value is -1.16. The molecule has 2 N–H and O–H groups in total. The molecule has 1 fully saturated rings. The second kappa shape index (κ2) is 7.74. The topological polar surface area (TPSA) is 41.1 Å². The van der Waals surface area contributed by atoms with Crippen LogP contribution in [0.25, 0.3) is 0 Å². The molecule has 1 aromatic rings. The van der Waals surface area contributed by atoms with Gasteiger partial charge in [-0.3, -0.25) is 4.79 Å². The van der Waals surface area contributed by atoms with Crippen molar-refractivity contribution < 1.29 is 4.79 Å². The molecule has 0 aliphatic heterocycles. The molecular weight excluding hydrogens is 280 g/mol. The third kappa shape index (κ3) is 4.16. The average molecular weight is 306 g/mol. The normalized spacial score (nSPS) is 21.9. The molecule has 2 unspecified atom stereocenters. The van der Waals surface area contributed by atoms with Crippen molar-refractivity contribution in [1.29, 1.82) is 0 Å². The summed E-state index contributed by atoms with van der Waals surface area (Å²) in [7, 11) is 0. The monoisotopic (exact) mass is 306 g/mol. The summed E-state index contributed by atoms with van der Waals surface area (Å²) in [5, 5.41) is 7.08. The van der Waals surface area contributed by atoms with Gasteiger partial charge in [0.25, 0.3) is 5.91 Å². The second-order valence-electron chi connectivity index (χ2n) is 5.70. The first-order valence-corrected chi connectivity index (χ1v) is 9.12. The Balaban J connectivity index is 2.05. The van der Waals surface area contributed by atoms with E-state index in [1.54, 1.807) is 0 Å². The molecular formula is C17H26N2OS.